The number of allylic oxidation sites excluding steroid dienone is 3. The predicted molar refractivity (Wildman–Crippen MR) is 65.2 cm³/mol. The van der Waals surface area contributed by atoms with Crippen LogP contribution in [0.2, 0.25) is 0 Å². The fraction of sp³-hybridized carbons (Fsp3) is 0.667. The highest BCUT2D eigenvalue weighted by Gasteiger charge is 1.87. The standard InChI is InChI=1S/C12H21Br/c1-2-3-4-5-6-7-8-9-10-11-12-13/h9-12H,2-8H2,1H3. The van der Waals surface area contributed by atoms with Crippen molar-refractivity contribution in [2.75, 3.05) is 0 Å². The van der Waals surface area contributed by atoms with Crippen molar-refractivity contribution in [1.29, 1.82) is 0 Å². The molecule has 0 amide bonds. The maximum Gasteiger partial charge on any atom is -0.0189 e. The van der Waals surface area contributed by atoms with Crippen LogP contribution in [-0.4, -0.2) is 0 Å². The van der Waals surface area contributed by atoms with E-state index < -0.39 is 0 Å². The van der Waals surface area contributed by atoms with Crippen molar-refractivity contribution in [3.8, 4) is 0 Å². The number of unbranched alkanes of at least 4 members (excludes halogenated alkanes) is 6. The maximum atomic E-state index is 3.23. The van der Waals surface area contributed by atoms with Crippen LogP contribution in [0, 0.1) is 0 Å². The van der Waals surface area contributed by atoms with Gasteiger partial charge in [-0.3, -0.25) is 0 Å². The van der Waals surface area contributed by atoms with Gasteiger partial charge in [-0.25, -0.2) is 0 Å². The summed E-state index contributed by atoms with van der Waals surface area (Å²) < 4.78 is 0. The molecule has 1 heteroatoms. The molecule has 0 atom stereocenters. The van der Waals surface area contributed by atoms with Gasteiger partial charge in [-0.15, -0.1) is 0 Å². The fourth-order valence-electron chi connectivity index (χ4n) is 1.26. The van der Waals surface area contributed by atoms with Gasteiger partial charge in [0.15, 0.2) is 0 Å². The number of rotatable bonds is 8. The minimum Gasteiger partial charge on any atom is -0.0845 e. The van der Waals surface area contributed by atoms with Crippen LogP contribution in [0.5, 0.6) is 0 Å². The van der Waals surface area contributed by atoms with Crippen LogP contribution in [0.4, 0.5) is 0 Å². The number of hydrogen-bond acceptors (Lipinski definition) is 0. The second-order valence-electron chi connectivity index (χ2n) is 3.30. The Balaban J connectivity index is 2.99. The molecule has 0 saturated heterocycles. The van der Waals surface area contributed by atoms with E-state index in [2.05, 4.69) is 35.0 Å². The van der Waals surface area contributed by atoms with Crippen LogP contribution in [0.3, 0.4) is 0 Å². The van der Waals surface area contributed by atoms with Crippen molar-refractivity contribution in [3.63, 3.8) is 0 Å². The van der Waals surface area contributed by atoms with Crippen molar-refractivity contribution >= 4 is 15.9 Å². The Hall–Kier alpha value is -0.0400. The molecule has 0 aliphatic heterocycles. The first-order valence-electron chi connectivity index (χ1n) is 5.33. The van der Waals surface area contributed by atoms with Crippen molar-refractivity contribution in [2.45, 2.75) is 51.9 Å². The summed E-state index contributed by atoms with van der Waals surface area (Å²) in [5.41, 5.74) is 0. The zero-order valence-corrected chi connectivity index (χ0v) is 10.2. The zero-order valence-electron chi connectivity index (χ0n) is 8.64. The van der Waals surface area contributed by atoms with Crippen molar-refractivity contribution in [2.24, 2.45) is 0 Å². The number of hydrogen-bond donors (Lipinski definition) is 0. The minimum atomic E-state index is 1.23. The van der Waals surface area contributed by atoms with Gasteiger partial charge >= 0.3 is 0 Å². The van der Waals surface area contributed by atoms with Gasteiger partial charge in [-0.1, -0.05) is 73.2 Å². The van der Waals surface area contributed by atoms with E-state index in [9.17, 15) is 0 Å². The molecule has 0 N–H and O–H groups in total. The van der Waals surface area contributed by atoms with E-state index >= 15 is 0 Å². The monoisotopic (exact) mass is 244 g/mol. The van der Waals surface area contributed by atoms with E-state index in [1.54, 1.807) is 0 Å². The lowest BCUT2D eigenvalue weighted by molar-refractivity contribution is 0.611. The molecule has 0 aromatic heterocycles. The summed E-state index contributed by atoms with van der Waals surface area (Å²) in [6.45, 7) is 2.26. The highest BCUT2D eigenvalue weighted by Crippen LogP contribution is 2.07. The molecule has 76 valence electrons. The highest BCUT2D eigenvalue weighted by molar-refractivity contribution is 9.11. The lowest BCUT2D eigenvalue weighted by Crippen LogP contribution is -1.77. The number of halogens is 1. The molecule has 0 bridgehead atoms. The summed E-state index contributed by atoms with van der Waals surface area (Å²) in [5.74, 6) is 0. The van der Waals surface area contributed by atoms with E-state index in [0.29, 0.717) is 0 Å². The third-order valence-electron chi connectivity index (χ3n) is 2.04. The Morgan fingerprint density at radius 3 is 2.31 bits per heavy atom. The third-order valence-corrected chi connectivity index (χ3v) is 2.35. The summed E-state index contributed by atoms with van der Waals surface area (Å²) in [4.78, 5) is 1.88. The van der Waals surface area contributed by atoms with Gasteiger partial charge in [0.25, 0.3) is 0 Å². The Bertz CT molecular complexity index is 136. The molecular weight excluding hydrogens is 224 g/mol. The average molecular weight is 245 g/mol. The third kappa shape index (κ3) is 12.0. The summed E-state index contributed by atoms with van der Waals surface area (Å²) in [5, 5.41) is 0. The van der Waals surface area contributed by atoms with Gasteiger partial charge in [0, 0.05) is 0 Å². The minimum absolute atomic E-state index is 1.23. The summed E-state index contributed by atoms with van der Waals surface area (Å²) in [7, 11) is 0. The van der Waals surface area contributed by atoms with E-state index in [1.807, 2.05) is 11.1 Å². The molecule has 0 spiro atoms. The lowest BCUT2D eigenvalue weighted by atomic mass is 10.1. The molecule has 0 fully saturated rings. The molecule has 0 aromatic carbocycles. The Labute approximate surface area is 91.2 Å². The Morgan fingerprint density at radius 2 is 1.62 bits per heavy atom. The van der Waals surface area contributed by atoms with Crippen LogP contribution in [0.15, 0.2) is 23.2 Å². The first-order chi connectivity index (χ1) is 6.41. The molecule has 0 rings (SSSR count). The highest BCUT2D eigenvalue weighted by atomic mass is 79.9. The topological polar surface area (TPSA) is 0 Å². The van der Waals surface area contributed by atoms with Gasteiger partial charge < -0.3 is 0 Å². The van der Waals surface area contributed by atoms with Gasteiger partial charge in [0.05, 0.1) is 0 Å². The van der Waals surface area contributed by atoms with Crippen LogP contribution in [0.25, 0.3) is 0 Å². The van der Waals surface area contributed by atoms with Crippen LogP contribution >= 0.6 is 15.9 Å². The van der Waals surface area contributed by atoms with Gasteiger partial charge in [-0.2, -0.15) is 0 Å². The molecule has 0 saturated carbocycles. The zero-order chi connectivity index (χ0) is 9.78. The quantitative estimate of drug-likeness (QED) is 0.407. The summed E-state index contributed by atoms with van der Waals surface area (Å²) in [6.07, 6.45) is 15.9. The first kappa shape index (κ1) is 13.0. The van der Waals surface area contributed by atoms with E-state index in [1.165, 1.54) is 44.9 Å². The molecule has 0 aliphatic carbocycles. The first-order valence-corrected chi connectivity index (χ1v) is 6.25. The second-order valence-corrected chi connectivity index (χ2v) is 3.83. The molecule has 13 heavy (non-hydrogen) atoms. The van der Waals surface area contributed by atoms with Crippen LogP contribution in [0.1, 0.15) is 51.9 Å². The van der Waals surface area contributed by atoms with Crippen LogP contribution < -0.4 is 0 Å². The molecule has 0 nitrogen and oxygen atoms in total. The summed E-state index contributed by atoms with van der Waals surface area (Å²) >= 11 is 3.23. The lowest BCUT2D eigenvalue weighted by Gasteiger charge is -1.96. The molecule has 0 unspecified atom stereocenters. The predicted octanol–water partition coefficient (Wildman–Crippen LogP) is 5.20. The molecule has 0 heterocycles. The SMILES string of the molecule is CCCCCCCCC=CC=CBr. The van der Waals surface area contributed by atoms with Gasteiger partial charge in [0.1, 0.15) is 0 Å². The Kier molecular flexibility index (Phi) is 11.9. The van der Waals surface area contributed by atoms with Gasteiger partial charge in [-0.05, 0) is 17.8 Å². The average Bonchev–Trinajstić information content (AvgIpc) is 2.16. The van der Waals surface area contributed by atoms with E-state index in [0.717, 1.165) is 0 Å². The van der Waals surface area contributed by atoms with Crippen molar-refractivity contribution in [1.82, 2.24) is 0 Å². The van der Waals surface area contributed by atoms with Crippen molar-refractivity contribution < 1.29 is 0 Å². The van der Waals surface area contributed by atoms with E-state index in [-0.39, 0.29) is 0 Å². The molecular formula is C12H21Br. The molecule has 0 aliphatic rings. The summed E-state index contributed by atoms with van der Waals surface area (Å²) in [6, 6.07) is 0. The smallest absolute Gasteiger partial charge is 0.0189 e. The van der Waals surface area contributed by atoms with Gasteiger partial charge in [0.2, 0.25) is 0 Å². The van der Waals surface area contributed by atoms with Crippen LogP contribution in [-0.2, 0) is 0 Å². The molecule has 0 aromatic rings. The normalized spacial score (nSPS) is 11.8. The fourth-order valence-corrected chi connectivity index (χ4v) is 1.44. The maximum absolute atomic E-state index is 3.23. The van der Waals surface area contributed by atoms with E-state index in [4.69, 9.17) is 0 Å². The van der Waals surface area contributed by atoms with Crippen molar-refractivity contribution in [3.05, 3.63) is 23.2 Å². The molecule has 0 radical (unpaired) electrons. The second kappa shape index (κ2) is 12.0. The Morgan fingerprint density at radius 1 is 0.923 bits per heavy atom. The largest absolute Gasteiger partial charge is 0.0845 e.